The van der Waals surface area contributed by atoms with Gasteiger partial charge in [-0.15, -0.1) is 0 Å². The molecule has 0 radical (unpaired) electrons. The third-order valence-corrected chi connectivity index (χ3v) is 5.16. The van der Waals surface area contributed by atoms with Crippen LogP contribution < -0.4 is 10.6 Å². The predicted molar refractivity (Wildman–Crippen MR) is 114 cm³/mol. The van der Waals surface area contributed by atoms with Gasteiger partial charge in [-0.3, -0.25) is 10.1 Å². The number of thioether (sulfide) groups is 1. The minimum absolute atomic E-state index is 0.418. The Bertz CT molecular complexity index is 981. The highest BCUT2D eigenvalue weighted by atomic mass is 32.2. The van der Waals surface area contributed by atoms with E-state index in [0.29, 0.717) is 11.7 Å². The predicted octanol–water partition coefficient (Wildman–Crippen LogP) is 4.13. The van der Waals surface area contributed by atoms with Gasteiger partial charge in [0.15, 0.2) is 5.16 Å². The molecule has 0 aliphatic carbocycles. The number of amides is 3. The summed E-state index contributed by atoms with van der Waals surface area (Å²) in [5.41, 5.74) is 3.34. The van der Waals surface area contributed by atoms with E-state index in [4.69, 9.17) is 0 Å². The van der Waals surface area contributed by atoms with E-state index in [1.807, 2.05) is 73.7 Å². The van der Waals surface area contributed by atoms with Crippen LogP contribution in [0.5, 0.6) is 0 Å². The molecule has 1 atom stereocenters. The number of urea groups is 1. The SMILES string of the molecule is CCNC(=O)NC(=O)[C@@H](Sc1nc(C)cc(-c2ccccc2)n1)c1ccccc1. The number of hydrogen-bond acceptors (Lipinski definition) is 5. The molecule has 3 aromatic rings. The van der Waals surface area contributed by atoms with Crippen LogP contribution >= 0.6 is 11.8 Å². The molecule has 0 aliphatic heterocycles. The van der Waals surface area contributed by atoms with Gasteiger partial charge in [-0.05, 0) is 25.5 Å². The lowest BCUT2D eigenvalue weighted by Gasteiger charge is -2.16. The van der Waals surface area contributed by atoms with E-state index in [-0.39, 0.29) is 0 Å². The smallest absolute Gasteiger partial charge is 0.321 e. The molecular formula is C22H22N4O2S. The zero-order valence-corrected chi connectivity index (χ0v) is 17.1. The van der Waals surface area contributed by atoms with Crippen LogP contribution in [-0.4, -0.2) is 28.5 Å². The van der Waals surface area contributed by atoms with Crippen LogP contribution in [0.3, 0.4) is 0 Å². The van der Waals surface area contributed by atoms with Crippen molar-refractivity contribution in [1.82, 2.24) is 20.6 Å². The van der Waals surface area contributed by atoms with Crippen LogP contribution in [0.15, 0.2) is 71.9 Å². The monoisotopic (exact) mass is 406 g/mol. The van der Waals surface area contributed by atoms with Crippen LogP contribution in [0.2, 0.25) is 0 Å². The van der Waals surface area contributed by atoms with Crippen molar-refractivity contribution >= 4 is 23.7 Å². The second-order valence-corrected chi connectivity index (χ2v) is 7.37. The minimum Gasteiger partial charge on any atom is -0.338 e. The molecule has 2 aromatic carbocycles. The van der Waals surface area contributed by atoms with Crippen LogP contribution in [0.1, 0.15) is 23.4 Å². The Balaban J connectivity index is 1.91. The number of rotatable bonds is 6. The molecule has 0 saturated heterocycles. The first-order valence-corrected chi connectivity index (χ1v) is 10.2. The van der Waals surface area contributed by atoms with E-state index in [2.05, 4.69) is 20.6 Å². The van der Waals surface area contributed by atoms with Crippen molar-refractivity contribution in [2.45, 2.75) is 24.3 Å². The molecule has 2 N–H and O–H groups in total. The lowest BCUT2D eigenvalue weighted by molar-refractivity contribution is -0.119. The summed E-state index contributed by atoms with van der Waals surface area (Å²) in [5.74, 6) is -0.418. The number of nitrogens with zero attached hydrogens (tertiary/aromatic N) is 2. The summed E-state index contributed by atoms with van der Waals surface area (Å²) in [6, 6.07) is 20.5. The van der Waals surface area contributed by atoms with Gasteiger partial charge in [0, 0.05) is 17.8 Å². The number of nitrogens with one attached hydrogen (secondary N) is 2. The first-order chi connectivity index (χ1) is 14.1. The van der Waals surface area contributed by atoms with Crippen LogP contribution in [0.4, 0.5) is 4.79 Å². The second kappa shape index (κ2) is 9.84. The maximum Gasteiger partial charge on any atom is 0.321 e. The molecule has 0 fully saturated rings. The fourth-order valence-electron chi connectivity index (χ4n) is 2.74. The Morgan fingerprint density at radius 2 is 1.66 bits per heavy atom. The molecule has 148 valence electrons. The summed E-state index contributed by atoms with van der Waals surface area (Å²) in [6.45, 7) is 4.12. The van der Waals surface area contributed by atoms with Crippen molar-refractivity contribution in [2.24, 2.45) is 0 Å². The van der Waals surface area contributed by atoms with Crippen molar-refractivity contribution in [3.05, 3.63) is 78.0 Å². The number of carbonyl (C=O) groups is 2. The quantitative estimate of drug-likeness (QED) is 0.475. The van der Waals surface area contributed by atoms with E-state index in [0.717, 1.165) is 22.5 Å². The molecule has 3 amide bonds. The van der Waals surface area contributed by atoms with Crippen LogP contribution in [0.25, 0.3) is 11.3 Å². The van der Waals surface area contributed by atoms with Gasteiger partial charge in [-0.25, -0.2) is 14.8 Å². The van der Waals surface area contributed by atoms with Gasteiger partial charge in [-0.1, -0.05) is 72.4 Å². The second-order valence-electron chi connectivity index (χ2n) is 6.30. The number of carbonyl (C=O) groups excluding carboxylic acids is 2. The molecule has 6 nitrogen and oxygen atoms in total. The zero-order valence-electron chi connectivity index (χ0n) is 16.3. The lowest BCUT2D eigenvalue weighted by atomic mass is 10.1. The van der Waals surface area contributed by atoms with E-state index in [9.17, 15) is 9.59 Å². The standard InChI is InChI=1S/C22H22N4O2S/c1-3-23-21(28)26-20(27)19(17-12-8-5-9-13-17)29-22-24-15(2)14-18(25-22)16-10-6-4-7-11-16/h4-14,19H,3H2,1-2H3,(H2,23,26,27,28)/t19-/m0/s1. The molecule has 0 unspecified atom stereocenters. The lowest BCUT2D eigenvalue weighted by Crippen LogP contribution is -2.41. The molecule has 0 spiro atoms. The number of imide groups is 1. The molecule has 0 saturated carbocycles. The molecule has 29 heavy (non-hydrogen) atoms. The van der Waals surface area contributed by atoms with Gasteiger partial charge < -0.3 is 5.32 Å². The summed E-state index contributed by atoms with van der Waals surface area (Å²) < 4.78 is 0. The van der Waals surface area contributed by atoms with E-state index in [1.165, 1.54) is 11.8 Å². The van der Waals surface area contributed by atoms with Crippen molar-refractivity contribution in [3.8, 4) is 11.3 Å². The molecule has 7 heteroatoms. The first kappa shape index (κ1) is 20.5. The Kier molecular flexibility index (Phi) is 6.97. The Morgan fingerprint density at radius 1 is 1.00 bits per heavy atom. The summed E-state index contributed by atoms with van der Waals surface area (Å²) in [5, 5.41) is 4.78. The van der Waals surface area contributed by atoms with E-state index >= 15 is 0 Å². The Labute approximate surface area is 174 Å². The van der Waals surface area contributed by atoms with E-state index in [1.54, 1.807) is 6.92 Å². The molecule has 0 aliphatic rings. The third kappa shape index (κ3) is 5.65. The number of hydrogen-bond donors (Lipinski definition) is 2. The van der Waals surface area contributed by atoms with Crippen LogP contribution in [-0.2, 0) is 4.79 Å². The first-order valence-electron chi connectivity index (χ1n) is 9.28. The van der Waals surface area contributed by atoms with Crippen LogP contribution in [0, 0.1) is 6.92 Å². The molecule has 1 aromatic heterocycles. The average molecular weight is 407 g/mol. The maximum absolute atomic E-state index is 12.8. The van der Waals surface area contributed by atoms with Crippen molar-refractivity contribution in [1.29, 1.82) is 0 Å². The maximum atomic E-state index is 12.8. The summed E-state index contributed by atoms with van der Waals surface area (Å²) in [6.07, 6.45) is 0. The molecule has 3 rings (SSSR count). The molecule has 0 bridgehead atoms. The van der Waals surface area contributed by atoms with Gasteiger partial charge in [0.1, 0.15) is 5.25 Å². The normalized spacial score (nSPS) is 11.5. The fraction of sp³-hybridized carbons (Fsp3) is 0.182. The highest BCUT2D eigenvalue weighted by Gasteiger charge is 2.25. The minimum atomic E-state index is -0.663. The molecule has 1 heterocycles. The highest BCUT2D eigenvalue weighted by molar-refractivity contribution is 8.00. The largest absolute Gasteiger partial charge is 0.338 e. The van der Waals surface area contributed by atoms with Crippen molar-refractivity contribution in [3.63, 3.8) is 0 Å². The highest BCUT2D eigenvalue weighted by Crippen LogP contribution is 2.34. The van der Waals surface area contributed by atoms with Gasteiger partial charge in [0.2, 0.25) is 5.91 Å². The van der Waals surface area contributed by atoms with Gasteiger partial charge in [0.25, 0.3) is 0 Å². The topological polar surface area (TPSA) is 84.0 Å². The van der Waals surface area contributed by atoms with Crippen molar-refractivity contribution < 1.29 is 9.59 Å². The van der Waals surface area contributed by atoms with Gasteiger partial charge >= 0.3 is 6.03 Å². The number of aryl methyl sites for hydroxylation is 1. The average Bonchev–Trinajstić information content (AvgIpc) is 2.73. The van der Waals surface area contributed by atoms with Gasteiger partial charge in [0.05, 0.1) is 5.69 Å². The van der Waals surface area contributed by atoms with Gasteiger partial charge in [-0.2, -0.15) is 0 Å². The zero-order chi connectivity index (χ0) is 20.6. The fourth-order valence-corrected chi connectivity index (χ4v) is 3.76. The number of aromatic nitrogens is 2. The molecular weight excluding hydrogens is 384 g/mol. The summed E-state index contributed by atoms with van der Waals surface area (Å²) in [7, 11) is 0. The Hall–Kier alpha value is -3.19. The van der Waals surface area contributed by atoms with E-state index < -0.39 is 17.2 Å². The Morgan fingerprint density at radius 3 is 2.31 bits per heavy atom. The summed E-state index contributed by atoms with van der Waals surface area (Å²) in [4.78, 5) is 33.8. The number of benzene rings is 2. The van der Waals surface area contributed by atoms with Crippen molar-refractivity contribution in [2.75, 3.05) is 6.54 Å². The third-order valence-electron chi connectivity index (χ3n) is 4.04. The summed E-state index contributed by atoms with van der Waals surface area (Å²) >= 11 is 1.22.